The number of halogens is 5. The summed E-state index contributed by atoms with van der Waals surface area (Å²) in [5, 5.41) is 5.75. The van der Waals surface area contributed by atoms with Gasteiger partial charge >= 0.3 is 6.18 Å². The van der Waals surface area contributed by atoms with Gasteiger partial charge in [-0.05, 0) is 49.5 Å². The van der Waals surface area contributed by atoms with Crippen molar-refractivity contribution in [3.05, 3.63) is 70.3 Å². The summed E-state index contributed by atoms with van der Waals surface area (Å²) in [5.41, 5.74) is 0.201. The molecular weight excluding hydrogens is 391 g/mol. The van der Waals surface area contributed by atoms with Crippen molar-refractivity contribution in [3.63, 3.8) is 0 Å². The van der Waals surface area contributed by atoms with Crippen LogP contribution in [0, 0.1) is 11.6 Å². The molecule has 9 heteroatoms. The normalized spacial score (nSPS) is 12.4. The van der Waals surface area contributed by atoms with Gasteiger partial charge in [0.15, 0.2) is 5.96 Å². The van der Waals surface area contributed by atoms with E-state index in [1.807, 2.05) is 19.0 Å². The van der Waals surface area contributed by atoms with Gasteiger partial charge < -0.3 is 15.5 Å². The van der Waals surface area contributed by atoms with Crippen molar-refractivity contribution in [2.75, 3.05) is 21.1 Å². The van der Waals surface area contributed by atoms with E-state index in [9.17, 15) is 22.0 Å². The van der Waals surface area contributed by atoms with E-state index >= 15 is 0 Å². The molecule has 0 unspecified atom stereocenters. The van der Waals surface area contributed by atoms with Gasteiger partial charge in [0.25, 0.3) is 0 Å². The lowest BCUT2D eigenvalue weighted by Crippen LogP contribution is -2.36. The number of hydrogen-bond donors (Lipinski definition) is 2. The lowest BCUT2D eigenvalue weighted by atomic mass is 10.1. The van der Waals surface area contributed by atoms with Crippen LogP contribution in [0.5, 0.6) is 0 Å². The van der Waals surface area contributed by atoms with Crippen molar-refractivity contribution in [3.8, 4) is 0 Å². The van der Waals surface area contributed by atoms with Crippen LogP contribution in [0.25, 0.3) is 0 Å². The van der Waals surface area contributed by atoms with Gasteiger partial charge in [0.2, 0.25) is 0 Å². The third-order valence-corrected chi connectivity index (χ3v) is 4.10. The van der Waals surface area contributed by atoms with Crippen molar-refractivity contribution in [1.29, 1.82) is 0 Å². The fourth-order valence-electron chi connectivity index (χ4n) is 2.75. The number of nitrogens with zero attached hydrogens (tertiary/aromatic N) is 2. The fraction of sp³-hybridized carbons (Fsp3) is 0.350. The highest BCUT2D eigenvalue weighted by atomic mass is 19.4. The molecule has 2 N–H and O–H groups in total. The predicted octanol–water partition coefficient (Wildman–Crippen LogP) is 3.91. The molecular formula is C20H23F5N4. The topological polar surface area (TPSA) is 39.7 Å². The molecule has 0 radical (unpaired) electrons. The Labute approximate surface area is 166 Å². The van der Waals surface area contributed by atoms with Gasteiger partial charge in [-0.2, -0.15) is 13.2 Å². The van der Waals surface area contributed by atoms with Crippen molar-refractivity contribution in [1.82, 2.24) is 15.5 Å². The molecule has 29 heavy (non-hydrogen) atoms. The van der Waals surface area contributed by atoms with Crippen molar-refractivity contribution in [2.24, 2.45) is 4.99 Å². The lowest BCUT2D eigenvalue weighted by molar-refractivity contribution is -0.138. The number of hydrogen-bond acceptors (Lipinski definition) is 2. The molecule has 2 rings (SSSR count). The molecule has 4 nitrogen and oxygen atoms in total. The van der Waals surface area contributed by atoms with Gasteiger partial charge in [0, 0.05) is 32.2 Å². The molecule has 0 aliphatic carbocycles. The SMILES string of the molecule is CN=C(NCc1ccc(F)c(CN(C)C)c1)NCc1ccc(F)cc1C(F)(F)F. The molecule has 0 aliphatic rings. The van der Waals surface area contributed by atoms with Crippen LogP contribution in [0.2, 0.25) is 0 Å². The van der Waals surface area contributed by atoms with Crippen molar-refractivity contribution >= 4 is 5.96 Å². The maximum Gasteiger partial charge on any atom is 0.416 e. The first-order chi connectivity index (χ1) is 13.6. The first kappa shape index (κ1) is 22.6. The Morgan fingerprint density at radius 2 is 1.66 bits per heavy atom. The average Bonchev–Trinajstić information content (AvgIpc) is 2.64. The molecule has 0 spiro atoms. The Bertz CT molecular complexity index is 862. The van der Waals surface area contributed by atoms with Crippen molar-refractivity contribution in [2.45, 2.75) is 25.8 Å². The molecule has 2 aromatic rings. The number of alkyl halides is 3. The van der Waals surface area contributed by atoms with E-state index in [0.29, 0.717) is 24.7 Å². The summed E-state index contributed by atoms with van der Waals surface area (Å²) in [5.74, 6) is -0.990. The van der Waals surface area contributed by atoms with E-state index in [0.717, 1.165) is 17.7 Å². The molecule has 0 atom stereocenters. The number of benzene rings is 2. The Kier molecular flexibility index (Phi) is 7.55. The smallest absolute Gasteiger partial charge is 0.352 e. The summed E-state index contributed by atoms with van der Waals surface area (Å²) >= 11 is 0. The maximum atomic E-state index is 13.9. The second-order valence-corrected chi connectivity index (χ2v) is 6.74. The minimum Gasteiger partial charge on any atom is -0.352 e. The molecule has 0 aliphatic heterocycles. The molecule has 158 valence electrons. The largest absolute Gasteiger partial charge is 0.416 e. The third kappa shape index (κ3) is 6.70. The number of rotatable bonds is 6. The van der Waals surface area contributed by atoms with Gasteiger partial charge in [0.05, 0.1) is 5.56 Å². The van der Waals surface area contributed by atoms with E-state index in [2.05, 4.69) is 15.6 Å². The highest BCUT2D eigenvalue weighted by Gasteiger charge is 2.33. The summed E-state index contributed by atoms with van der Waals surface area (Å²) in [6.45, 7) is 0.553. The van der Waals surface area contributed by atoms with E-state index in [1.54, 1.807) is 12.1 Å². The summed E-state index contributed by atoms with van der Waals surface area (Å²) < 4.78 is 66.3. The first-order valence-corrected chi connectivity index (χ1v) is 8.82. The number of guanidine groups is 1. The first-order valence-electron chi connectivity index (χ1n) is 8.82. The van der Waals surface area contributed by atoms with E-state index in [4.69, 9.17) is 0 Å². The van der Waals surface area contributed by atoms with Crippen LogP contribution in [0.1, 0.15) is 22.3 Å². The van der Waals surface area contributed by atoms with Crippen LogP contribution in [-0.4, -0.2) is 32.0 Å². The quantitative estimate of drug-likeness (QED) is 0.428. The zero-order chi connectivity index (χ0) is 21.6. The van der Waals surface area contributed by atoms with E-state index in [-0.39, 0.29) is 23.9 Å². The molecule has 0 bridgehead atoms. The van der Waals surface area contributed by atoms with Crippen LogP contribution < -0.4 is 10.6 Å². The van der Waals surface area contributed by atoms with Crippen LogP contribution in [-0.2, 0) is 25.8 Å². The molecule has 2 aromatic carbocycles. The Morgan fingerprint density at radius 3 is 2.28 bits per heavy atom. The highest BCUT2D eigenvalue weighted by Crippen LogP contribution is 2.32. The fourth-order valence-corrected chi connectivity index (χ4v) is 2.75. The van der Waals surface area contributed by atoms with Crippen LogP contribution in [0.4, 0.5) is 22.0 Å². The van der Waals surface area contributed by atoms with Gasteiger partial charge in [-0.1, -0.05) is 12.1 Å². The van der Waals surface area contributed by atoms with Crippen LogP contribution in [0.3, 0.4) is 0 Å². The monoisotopic (exact) mass is 414 g/mol. The van der Waals surface area contributed by atoms with Crippen molar-refractivity contribution < 1.29 is 22.0 Å². The van der Waals surface area contributed by atoms with Crippen LogP contribution in [0.15, 0.2) is 41.4 Å². The molecule has 0 saturated heterocycles. The van der Waals surface area contributed by atoms with E-state index < -0.39 is 17.6 Å². The summed E-state index contributed by atoms with van der Waals surface area (Å²) in [4.78, 5) is 5.82. The number of aliphatic imine (C=N–C) groups is 1. The summed E-state index contributed by atoms with van der Waals surface area (Å²) in [6, 6.07) is 7.26. The summed E-state index contributed by atoms with van der Waals surface area (Å²) in [6.07, 6.45) is -4.66. The van der Waals surface area contributed by atoms with Gasteiger partial charge in [-0.15, -0.1) is 0 Å². The minimum atomic E-state index is -4.66. The molecule has 0 amide bonds. The predicted molar refractivity (Wildman–Crippen MR) is 102 cm³/mol. The molecule has 0 aromatic heterocycles. The molecule has 0 fully saturated rings. The Balaban J connectivity index is 2.03. The molecule has 0 saturated carbocycles. The second kappa shape index (κ2) is 9.69. The average molecular weight is 414 g/mol. The maximum absolute atomic E-state index is 13.9. The van der Waals surface area contributed by atoms with Gasteiger partial charge in [-0.25, -0.2) is 8.78 Å². The lowest BCUT2D eigenvalue weighted by Gasteiger charge is -2.16. The number of nitrogens with one attached hydrogen (secondary N) is 2. The zero-order valence-corrected chi connectivity index (χ0v) is 16.4. The third-order valence-electron chi connectivity index (χ3n) is 4.10. The van der Waals surface area contributed by atoms with Gasteiger partial charge in [-0.3, -0.25) is 4.99 Å². The zero-order valence-electron chi connectivity index (χ0n) is 16.4. The Morgan fingerprint density at radius 1 is 0.966 bits per heavy atom. The summed E-state index contributed by atoms with van der Waals surface area (Å²) in [7, 11) is 5.15. The van der Waals surface area contributed by atoms with Gasteiger partial charge in [0.1, 0.15) is 11.6 Å². The molecule has 0 heterocycles. The highest BCUT2D eigenvalue weighted by molar-refractivity contribution is 5.79. The minimum absolute atomic E-state index is 0.100. The van der Waals surface area contributed by atoms with Crippen LogP contribution >= 0.6 is 0 Å². The standard InChI is InChI=1S/C20H23F5N4/c1-26-19(27-10-13-4-7-18(22)15(8-13)12-29(2)3)28-11-14-5-6-16(21)9-17(14)20(23,24)25/h4-9H,10-12H2,1-3H3,(H2,26,27,28). The van der Waals surface area contributed by atoms with E-state index in [1.165, 1.54) is 13.1 Å². The second-order valence-electron chi connectivity index (χ2n) is 6.74. The Hall–Kier alpha value is -2.68.